The highest BCUT2D eigenvalue weighted by Crippen LogP contribution is 2.23. The highest BCUT2D eigenvalue weighted by molar-refractivity contribution is 7.89. The maximum atomic E-state index is 12.8. The van der Waals surface area contributed by atoms with Gasteiger partial charge in [-0.05, 0) is 20.0 Å². The minimum absolute atomic E-state index is 0.236. The number of nitrogens with zero attached hydrogens (tertiary/aromatic N) is 1. The van der Waals surface area contributed by atoms with Crippen molar-refractivity contribution in [2.75, 3.05) is 13.6 Å². The van der Waals surface area contributed by atoms with Crippen LogP contribution in [0.4, 0.5) is 17.6 Å². The molecule has 0 unspecified atom stereocenters. The molecular weight excluding hydrogens is 314 g/mol. The lowest BCUT2D eigenvalue weighted by Gasteiger charge is -2.15. The zero-order chi connectivity index (χ0) is 16.3. The normalized spacial score (nSPS) is 13.1. The molecule has 0 aliphatic heterocycles. The summed E-state index contributed by atoms with van der Waals surface area (Å²) in [5, 5.41) is 2.84. The summed E-state index contributed by atoms with van der Waals surface area (Å²) in [4.78, 5) is -0.236. The van der Waals surface area contributed by atoms with Crippen molar-refractivity contribution in [3.05, 3.63) is 18.0 Å². The van der Waals surface area contributed by atoms with E-state index in [0.717, 1.165) is 0 Å². The summed E-state index contributed by atoms with van der Waals surface area (Å²) in [6.07, 6.45) is -2.66. The summed E-state index contributed by atoms with van der Waals surface area (Å²) < 4.78 is 76.4. The number of sulfonamides is 1. The van der Waals surface area contributed by atoms with Crippen LogP contribution in [0.5, 0.6) is 0 Å². The number of hydrogen-bond acceptors (Lipinski definition) is 3. The summed E-state index contributed by atoms with van der Waals surface area (Å²) in [7, 11) is -2.60. The van der Waals surface area contributed by atoms with Gasteiger partial charge in [0, 0.05) is 25.0 Å². The maximum absolute atomic E-state index is 12.8. The average Bonchev–Trinajstić information content (AvgIpc) is 2.81. The Bertz CT molecular complexity index is 572. The molecule has 2 N–H and O–H groups in total. The van der Waals surface area contributed by atoms with E-state index in [-0.39, 0.29) is 4.90 Å². The van der Waals surface area contributed by atoms with Gasteiger partial charge in [-0.25, -0.2) is 21.9 Å². The second kappa shape index (κ2) is 6.75. The third kappa shape index (κ3) is 4.42. The van der Waals surface area contributed by atoms with Crippen molar-refractivity contribution in [2.24, 2.45) is 0 Å². The van der Waals surface area contributed by atoms with Gasteiger partial charge in [-0.3, -0.25) is 0 Å². The molecule has 0 aromatic carbocycles. The van der Waals surface area contributed by atoms with Crippen LogP contribution >= 0.6 is 0 Å². The van der Waals surface area contributed by atoms with Crippen LogP contribution in [0.15, 0.2) is 17.2 Å². The quantitative estimate of drug-likeness (QED) is 0.708. The first-order valence-electron chi connectivity index (χ1n) is 6.13. The molecule has 1 rings (SSSR count). The van der Waals surface area contributed by atoms with E-state index in [0.29, 0.717) is 18.8 Å². The molecule has 5 nitrogen and oxygen atoms in total. The van der Waals surface area contributed by atoms with Gasteiger partial charge < -0.3 is 9.88 Å². The number of aromatic nitrogens is 1. The number of rotatable bonds is 8. The third-order valence-electron chi connectivity index (χ3n) is 2.79. The SMILES string of the molecule is CCn1cc(S(=O)(=O)NCC(F)(F)C(F)F)cc1CNC. The minimum Gasteiger partial charge on any atom is -0.349 e. The predicted octanol–water partition coefficient (Wildman–Crippen LogP) is 1.41. The van der Waals surface area contributed by atoms with Crippen LogP contribution < -0.4 is 10.0 Å². The Kier molecular flexibility index (Phi) is 5.76. The van der Waals surface area contributed by atoms with Gasteiger partial charge in [0.25, 0.3) is 0 Å². The third-order valence-corrected chi connectivity index (χ3v) is 4.16. The van der Waals surface area contributed by atoms with Gasteiger partial charge in [0.2, 0.25) is 10.0 Å². The highest BCUT2D eigenvalue weighted by atomic mass is 32.2. The van der Waals surface area contributed by atoms with Crippen LogP contribution in [0.2, 0.25) is 0 Å². The van der Waals surface area contributed by atoms with Crippen LogP contribution in [0.3, 0.4) is 0 Å². The average molecular weight is 331 g/mol. The van der Waals surface area contributed by atoms with Gasteiger partial charge in [-0.15, -0.1) is 0 Å². The topological polar surface area (TPSA) is 63.1 Å². The van der Waals surface area contributed by atoms with E-state index in [9.17, 15) is 26.0 Å². The van der Waals surface area contributed by atoms with Crippen LogP contribution in [-0.4, -0.2) is 38.9 Å². The molecule has 0 radical (unpaired) electrons. The van der Waals surface area contributed by atoms with Crippen molar-refractivity contribution >= 4 is 10.0 Å². The van der Waals surface area contributed by atoms with E-state index in [1.54, 1.807) is 18.5 Å². The molecule has 0 amide bonds. The lowest BCUT2D eigenvalue weighted by atomic mass is 10.4. The highest BCUT2D eigenvalue weighted by Gasteiger charge is 2.41. The van der Waals surface area contributed by atoms with Crippen molar-refractivity contribution in [2.45, 2.75) is 37.3 Å². The summed E-state index contributed by atoms with van der Waals surface area (Å²) in [6, 6.07) is 1.31. The van der Waals surface area contributed by atoms with Crippen molar-refractivity contribution in [1.82, 2.24) is 14.6 Å². The monoisotopic (exact) mass is 331 g/mol. The molecule has 1 aromatic heterocycles. The van der Waals surface area contributed by atoms with E-state index in [1.165, 1.54) is 17.0 Å². The lowest BCUT2D eigenvalue weighted by Crippen LogP contribution is -2.41. The Morgan fingerprint density at radius 3 is 2.48 bits per heavy atom. The molecule has 1 aromatic rings. The number of alkyl halides is 4. The van der Waals surface area contributed by atoms with Crippen LogP contribution in [-0.2, 0) is 23.1 Å². The van der Waals surface area contributed by atoms with Gasteiger partial charge in [-0.1, -0.05) is 0 Å². The van der Waals surface area contributed by atoms with E-state index in [2.05, 4.69) is 5.32 Å². The predicted molar refractivity (Wildman–Crippen MR) is 69.0 cm³/mol. The Balaban J connectivity index is 2.93. The Morgan fingerprint density at radius 1 is 1.38 bits per heavy atom. The number of aryl methyl sites for hydroxylation is 1. The van der Waals surface area contributed by atoms with Crippen molar-refractivity contribution < 1.29 is 26.0 Å². The second-order valence-corrected chi connectivity index (χ2v) is 6.14. The van der Waals surface area contributed by atoms with Crippen molar-refractivity contribution in [3.8, 4) is 0 Å². The van der Waals surface area contributed by atoms with Gasteiger partial charge >= 0.3 is 12.3 Å². The summed E-state index contributed by atoms with van der Waals surface area (Å²) in [5.41, 5.74) is 0.640. The van der Waals surface area contributed by atoms with Crippen LogP contribution in [0.1, 0.15) is 12.6 Å². The number of nitrogens with one attached hydrogen (secondary N) is 2. The molecule has 0 bridgehead atoms. The minimum atomic E-state index is -4.41. The molecule has 0 atom stereocenters. The standard InChI is InChI=1S/C11H17F4N3O2S/c1-3-18-6-9(4-8(18)5-16-2)21(19,20)17-7-11(14,15)10(12)13/h4,6,10,16-17H,3,5,7H2,1-2H3. The smallest absolute Gasteiger partial charge is 0.320 e. The first kappa shape index (κ1) is 17.9. The summed E-state index contributed by atoms with van der Waals surface area (Å²) in [5.74, 6) is -4.41. The number of halogens is 4. The summed E-state index contributed by atoms with van der Waals surface area (Å²) in [6.45, 7) is 1.01. The molecule has 0 aliphatic carbocycles. The van der Waals surface area contributed by atoms with E-state index in [4.69, 9.17) is 0 Å². The molecule has 0 saturated heterocycles. The Hall–Kier alpha value is -1.13. The van der Waals surface area contributed by atoms with Crippen LogP contribution in [0, 0.1) is 0 Å². The molecule has 0 fully saturated rings. The van der Waals surface area contributed by atoms with E-state index < -0.39 is 28.9 Å². The molecule has 122 valence electrons. The molecule has 0 spiro atoms. The fourth-order valence-corrected chi connectivity index (χ4v) is 2.75. The fraction of sp³-hybridized carbons (Fsp3) is 0.636. The first-order chi connectivity index (χ1) is 9.64. The second-order valence-electron chi connectivity index (χ2n) is 4.37. The van der Waals surface area contributed by atoms with E-state index >= 15 is 0 Å². The Morgan fingerprint density at radius 2 is 2.00 bits per heavy atom. The molecule has 1 heterocycles. The zero-order valence-corrected chi connectivity index (χ0v) is 12.4. The molecule has 10 heteroatoms. The Labute approximate surface area is 120 Å². The summed E-state index contributed by atoms with van der Waals surface area (Å²) >= 11 is 0. The van der Waals surface area contributed by atoms with Gasteiger partial charge in [-0.2, -0.15) is 8.78 Å². The number of hydrogen-bond donors (Lipinski definition) is 2. The molecule has 21 heavy (non-hydrogen) atoms. The van der Waals surface area contributed by atoms with Crippen molar-refractivity contribution in [3.63, 3.8) is 0 Å². The van der Waals surface area contributed by atoms with Crippen molar-refractivity contribution in [1.29, 1.82) is 0 Å². The van der Waals surface area contributed by atoms with E-state index in [1.807, 2.05) is 0 Å². The zero-order valence-electron chi connectivity index (χ0n) is 11.5. The first-order valence-corrected chi connectivity index (χ1v) is 7.61. The maximum Gasteiger partial charge on any atom is 0.320 e. The largest absolute Gasteiger partial charge is 0.349 e. The molecule has 0 saturated carbocycles. The lowest BCUT2D eigenvalue weighted by molar-refractivity contribution is -0.122. The van der Waals surface area contributed by atoms with Gasteiger partial charge in [0.15, 0.2) is 0 Å². The van der Waals surface area contributed by atoms with Gasteiger partial charge in [0.1, 0.15) is 0 Å². The van der Waals surface area contributed by atoms with Gasteiger partial charge in [0.05, 0.1) is 11.4 Å². The fourth-order valence-electron chi connectivity index (χ4n) is 1.65. The molecular formula is C11H17F4N3O2S. The molecule has 0 aliphatic rings. The van der Waals surface area contributed by atoms with Crippen LogP contribution in [0.25, 0.3) is 0 Å².